The number of nitrogens with zero attached hydrogens (tertiary/aromatic N) is 1. The van der Waals surface area contributed by atoms with E-state index < -0.39 is 11.7 Å². The summed E-state index contributed by atoms with van der Waals surface area (Å²) in [6.07, 6.45) is 3.36. The van der Waals surface area contributed by atoms with E-state index in [4.69, 9.17) is 21.9 Å². The first kappa shape index (κ1) is 17.5. The maximum atomic E-state index is 14.5. The molecule has 0 saturated heterocycles. The Balaban J connectivity index is 2.08. The predicted molar refractivity (Wildman–Crippen MR) is 97.1 cm³/mol. The number of aromatic nitrogens is 1. The second-order valence-electron chi connectivity index (χ2n) is 6.02. The molecule has 1 aliphatic carbocycles. The van der Waals surface area contributed by atoms with E-state index in [0.29, 0.717) is 5.56 Å². The molecule has 0 atom stereocenters. The Labute approximate surface area is 150 Å². The molecule has 1 aromatic heterocycles. The second-order valence-corrected chi connectivity index (χ2v) is 6.02. The van der Waals surface area contributed by atoms with Gasteiger partial charge >= 0.3 is 0 Å². The Bertz CT molecular complexity index is 893. The number of methoxy groups -OCH3 is 1. The van der Waals surface area contributed by atoms with Crippen molar-refractivity contribution in [2.45, 2.75) is 18.9 Å². The Hall–Kier alpha value is -3.29. The topological polar surface area (TPSA) is 129 Å². The highest BCUT2D eigenvalue weighted by Gasteiger charge is 2.26. The van der Waals surface area contributed by atoms with Crippen molar-refractivity contribution < 1.29 is 13.9 Å². The van der Waals surface area contributed by atoms with E-state index in [1.807, 2.05) is 0 Å². The zero-order chi connectivity index (χ0) is 18.8. The third kappa shape index (κ3) is 3.26. The molecule has 3 rings (SSSR count). The monoisotopic (exact) mass is 357 g/mol. The van der Waals surface area contributed by atoms with Gasteiger partial charge in [0.25, 0.3) is 5.91 Å². The number of nitrogen functional groups attached to an aromatic ring is 1. The number of hydrogen-bond donors (Lipinski definition) is 4. The van der Waals surface area contributed by atoms with E-state index in [2.05, 4.69) is 10.3 Å². The zero-order valence-corrected chi connectivity index (χ0v) is 14.3. The zero-order valence-electron chi connectivity index (χ0n) is 14.3. The number of nitrogens with one attached hydrogen (secondary N) is 1. The molecule has 0 spiro atoms. The first-order valence-electron chi connectivity index (χ1n) is 8.07. The summed E-state index contributed by atoms with van der Waals surface area (Å²) >= 11 is 0. The molecule has 2 aromatic rings. The summed E-state index contributed by atoms with van der Waals surface area (Å²) in [5, 5.41) is 2.75. The van der Waals surface area contributed by atoms with Crippen molar-refractivity contribution in [2.24, 2.45) is 11.5 Å². The average Bonchev–Trinajstić information content (AvgIpc) is 3.45. The summed E-state index contributed by atoms with van der Waals surface area (Å²) < 4.78 is 19.7. The number of pyridine rings is 1. The van der Waals surface area contributed by atoms with Gasteiger partial charge in [0.2, 0.25) is 5.88 Å². The fourth-order valence-corrected chi connectivity index (χ4v) is 2.60. The summed E-state index contributed by atoms with van der Waals surface area (Å²) in [4.78, 5) is 16.2. The van der Waals surface area contributed by atoms with Crippen LogP contribution < -0.4 is 27.3 Å². The summed E-state index contributed by atoms with van der Waals surface area (Å²) in [5.74, 6) is -0.808. The van der Waals surface area contributed by atoms with Crippen LogP contribution in [0.1, 0.15) is 18.4 Å². The summed E-state index contributed by atoms with van der Waals surface area (Å²) in [6, 6.07) is 6.01. The molecule has 136 valence electrons. The van der Waals surface area contributed by atoms with Crippen LogP contribution in [0, 0.1) is 5.82 Å². The molecule has 1 aromatic carbocycles. The third-order valence-corrected chi connectivity index (χ3v) is 4.17. The molecule has 0 aliphatic heterocycles. The molecule has 0 radical (unpaired) electrons. The van der Waals surface area contributed by atoms with Crippen LogP contribution in [0.2, 0.25) is 0 Å². The van der Waals surface area contributed by atoms with Crippen molar-refractivity contribution in [3.8, 4) is 17.0 Å². The van der Waals surface area contributed by atoms with Gasteiger partial charge in [0.05, 0.1) is 18.5 Å². The number of hydrogen-bond acceptors (Lipinski definition) is 6. The number of benzene rings is 1. The lowest BCUT2D eigenvalue weighted by molar-refractivity contribution is -0.117. The molecule has 1 amide bonds. The minimum Gasteiger partial charge on any atom is -0.481 e. The highest BCUT2D eigenvalue weighted by molar-refractivity contribution is 6.02. The van der Waals surface area contributed by atoms with Crippen LogP contribution in [0.15, 0.2) is 36.2 Å². The van der Waals surface area contributed by atoms with Gasteiger partial charge in [0.15, 0.2) is 0 Å². The first-order chi connectivity index (χ1) is 12.4. The first-order valence-corrected chi connectivity index (χ1v) is 8.07. The molecule has 1 aliphatic rings. The molecule has 1 fully saturated rings. The molecule has 1 heterocycles. The van der Waals surface area contributed by atoms with Crippen molar-refractivity contribution >= 4 is 17.3 Å². The lowest BCUT2D eigenvalue weighted by Crippen LogP contribution is -2.32. The van der Waals surface area contributed by atoms with Gasteiger partial charge in [-0.25, -0.2) is 9.37 Å². The number of carbonyl (C=O) groups excluding carboxylic acids is 1. The molecule has 26 heavy (non-hydrogen) atoms. The van der Waals surface area contributed by atoms with Gasteiger partial charge in [-0.3, -0.25) is 4.79 Å². The predicted octanol–water partition coefficient (Wildman–Crippen LogP) is 1.34. The Kier molecular flexibility index (Phi) is 4.66. The van der Waals surface area contributed by atoms with E-state index in [1.165, 1.54) is 25.4 Å². The largest absolute Gasteiger partial charge is 0.481 e. The minimum atomic E-state index is -0.564. The van der Waals surface area contributed by atoms with E-state index in [0.717, 1.165) is 12.8 Å². The lowest BCUT2D eigenvalue weighted by Gasteiger charge is -2.15. The Morgan fingerprint density at radius 3 is 2.69 bits per heavy atom. The highest BCUT2D eigenvalue weighted by Crippen LogP contribution is 2.37. The van der Waals surface area contributed by atoms with E-state index in [-0.39, 0.29) is 40.1 Å². The van der Waals surface area contributed by atoms with Crippen molar-refractivity contribution in [1.29, 1.82) is 0 Å². The number of anilines is 1. The summed E-state index contributed by atoms with van der Waals surface area (Å²) in [6.45, 7) is 0. The van der Waals surface area contributed by atoms with Crippen LogP contribution in [0.4, 0.5) is 10.1 Å². The normalized spacial score (nSPS) is 14.5. The summed E-state index contributed by atoms with van der Waals surface area (Å²) in [7, 11) is 1.43. The fraction of sp³-hybridized carbons (Fsp3) is 0.222. The number of rotatable bonds is 5. The second kappa shape index (κ2) is 6.91. The fourth-order valence-electron chi connectivity index (χ4n) is 2.60. The molecule has 7 nitrogen and oxygen atoms in total. The molecular formula is C18H20FN5O2. The number of amides is 1. The molecule has 8 heteroatoms. The Morgan fingerprint density at radius 1 is 1.31 bits per heavy atom. The summed E-state index contributed by atoms with van der Waals surface area (Å²) in [5.41, 5.74) is 18.7. The minimum absolute atomic E-state index is 0.00948. The highest BCUT2D eigenvalue weighted by atomic mass is 19.1. The van der Waals surface area contributed by atoms with Gasteiger partial charge in [0, 0.05) is 28.9 Å². The third-order valence-electron chi connectivity index (χ3n) is 4.17. The van der Waals surface area contributed by atoms with Gasteiger partial charge < -0.3 is 27.3 Å². The van der Waals surface area contributed by atoms with Crippen molar-refractivity contribution in [3.05, 3.63) is 47.5 Å². The van der Waals surface area contributed by atoms with Gasteiger partial charge in [-0.05, 0) is 37.1 Å². The van der Waals surface area contributed by atoms with Crippen LogP contribution in [0.25, 0.3) is 16.8 Å². The van der Waals surface area contributed by atoms with Crippen LogP contribution in [-0.4, -0.2) is 24.0 Å². The van der Waals surface area contributed by atoms with Gasteiger partial charge in [0.1, 0.15) is 11.5 Å². The van der Waals surface area contributed by atoms with E-state index >= 15 is 0 Å². The molecule has 7 N–H and O–H groups in total. The smallest absolute Gasteiger partial charge is 0.269 e. The standard InChI is InChI=1S/C18H20FN5O2/c1-26-18-10(3-2-8-23-18)13-12(19)7-6-11(14(13)20)15(21)16(22)17(25)24-9-4-5-9/h2-3,6-9H,4-5,20-22H2,1H3,(H,24,25)/b16-15+. The maximum Gasteiger partial charge on any atom is 0.269 e. The quantitative estimate of drug-likeness (QED) is 0.472. The molecule has 1 saturated carbocycles. The lowest BCUT2D eigenvalue weighted by atomic mass is 9.98. The van der Waals surface area contributed by atoms with Crippen LogP contribution in [-0.2, 0) is 4.79 Å². The van der Waals surface area contributed by atoms with Crippen LogP contribution >= 0.6 is 0 Å². The van der Waals surface area contributed by atoms with Gasteiger partial charge in [-0.15, -0.1) is 0 Å². The Morgan fingerprint density at radius 2 is 2.04 bits per heavy atom. The number of ether oxygens (including phenoxy) is 1. The van der Waals surface area contributed by atoms with Crippen molar-refractivity contribution in [3.63, 3.8) is 0 Å². The van der Waals surface area contributed by atoms with Crippen molar-refractivity contribution in [2.75, 3.05) is 12.8 Å². The molecule has 0 unspecified atom stereocenters. The van der Waals surface area contributed by atoms with E-state index in [1.54, 1.807) is 12.1 Å². The van der Waals surface area contributed by atoms with E-state index in [9.17, 15) is 9.18 Å². The van der Waals surface area contributed by atoms with Gasteiger partial charge in [-0.2, -0.15) is 0 Å². The van der Waals surface area contributed by atoms with Crippen molar-refractivity contribution in [1.82, 2.24) is 10.3 Å². The molecule has 0 bridgehead atoms. The number of nitrogens with two attached hydrogens (primary N) is 3. The average molecular weight is 357 g/mol. The van der Waals surface area contributed by atoms with Crippen LogP contribution in [0.3, 0.4) is 0 Å². The number of halogens is 1. The maximum absolute atomic E-state index is 14.5. The van der Waals surface area contributed by atoms with Crippen LogP contribution in [0.5, 0.6) is 5.88 Å². The SMILES string of the molecule is COc1ncccc1-c1c(F)ccc(/C(N)=C(\N)C(=O)NC2CC2)c1N. The van der Waals surface area contributed by atoms with Gasteiger partial charge in [-0.1, -0.05) is 0 Å². The molecular weight excluding hydrogens is 337 g/mol. The number of carbonyl (C=O) groups is 1.